The number of anilines is 2. The molecule has 9 heteroatoms. The number of likely N-dealkylation sites (N-methyl/N-ethyl adjacent to an activating group) is 1. The van der Waals surface area contributed by atoms with Gasteiger partial charge in [-0.1, -0.05) is 19.3 Å². The van der Waals surface area contributed by atoms with Gasteiger partial charge in [0.25, 0.3) is 6.67 Å². The highest BCUT2D eigenvalue weighted by atomic mass is 16.5. The number of pyridine rings is 1. The van der Waals surface area contributed by atoms with Crippen molar-refractivity contribution in [3.05, 3.63) is 40.3 Å². The van der Waals surface area contributed by atoms with E-state index >= 15 is 0 Å². The van der Waals surface area contributed by atoms with Crippen LogP contribution in [0.2, 0.25) is 0 Å². The van der Waals surface area contributed by atoms with Gasteiger partial charge < -0.3 is 14.7 Å². The Bertz CT molecular complexity index is 947. The van der Waals surface area contributed by atoms with Crippen molar-refractivity contribution < 1.29 is 14.6 Å². The third-order valence-electron chi connectivity index (χ3n) is 7.09. The molecule has 9 nitrogen and oxygen atoms in total. The van der Waals surface area contributed by atoms with Crippen LogP contribution in [0.5, 0.6) is 5.88 Å². The van der Waals surface area contributed by atoms with Crippen molar-refractivity contribution in [1.29, 1.82) is 0 Å². The van der Waals surface area contributed by atoms with Crippen LogP contribution in [0.3, 0.4) is 0 Å². The quantitative estimate of drug-likeness (QED) is 0.690. The highest BCUT2D eigenvalue weighted by molar-refractivity contribution is 5.62. The molecule has 32 heavy (non-hydrogen) atoms. The summed E-state index contributed by atoms with van der Waals surface area (Å²) in [6.07, 6.45) is 9.28. The molecular weight excluding hydrogens is 408 g/mol. The van der Waals surface area contributed by atoms with Gasteiger partial charge in [-0.15, -0.1) is 0 Å². The number of methoxy groups -OCH3 is 1. The number of ether oxygens (including phenoxy) is 1. The lowest BCUT2D eigenvalue weighted by Crippen LogP contribution is -2.37. The van der Waals surface area contributed by atoms with Crippen molar-refractivity contribution in [3.63, 3.8) is 0 Å². The van der Waals surface area contributed by atoms with E-state index in [2.05, 4.69) is 10.3 Å². The molecule has 1 saturated carbocycles. The van der Waals surface area contributed by atoms with Crippen LogP contribution in [0.1, 0.15) is 44.9 Å². The van der Waals surface area contributed by atoms with E-state index in [1.165, 1.54) is 19.3 Å². The average Bonchev–Trinajstić information content (AvgIpc) is 3.16. The summed E-state index contributed by atoms with van der Waals surface area (Å²) < 4.78 is 6.71. The molecule has 0 aromatic carbocycles. The minimum absolute atomic E-state index is 0.192. The van der Waals surface area contributed by atoms with E-state index in [4.69, 9.17) is 9.72 Å². The number of aliphatic hydroxyl groups excluding tert-OH is 1. The zero-order valence-corrected chi connectivity index (χ0v) is 19.0. The molecule has 3 aliphatic heterocycles. The number of hydrogen-bond acceptors (Lipinski definition) is 8. The van der Waals surface area contributed by atoms with E-state index < -0.39 is 0 Å². The van der Waals surface area contributed by atoms with Crippen LogP contribution in [0, 0.1) is 10.8 Å². The Morgan fingerprint density at radius 1 is 1.16 bits per heavy atom. The summed E-state index contributed by atoms with van der Waals surface area (Å²) >= 11 is 0. The number of allylic oxidation sites excluding steroid dienone is 1. The number of aliphatic hydroxyl groups is 1. The second-order valence-electron chi connectivity index (χ2n) is 9.19. The Morgan fingerprint density at radius 2 is 1.91 bits per heavy atom. The summed E-state index contributed by atoms with van der Waals surface area (Å²) in [4.78, 5) is 22.0. The fourth-order valence-corrected chi connectivity index (χ4v) is 5.28. The van der Waals surface area contributed by atoms with Gasteiger partial charge in [-0.25, -0.2) is 0 Å². The molecule has 5 rings (SSSR count). The molecule has 0 unspecified atom stereocenters. The molecule has 0 atom stereocenters. The SMILES string of the molecule is COc1nc(N2CCC(O)CC2)ccc1N1C=C2C(=C(C3CCCCC3)NN2C)[N+](=O)C1. The first-order valence-corrected chi connectivity index (χ1v) is 11.7. The molecule has 4 heterocycles. The van der Waals surface area contributed by atoms with Gasteiger partial charge in [-0.05, 0) is 37.8 Å². The van der Waals surface area contributed by atoms with E-state index in [1.54, 1.807) is 7.11 Å². The minimum atomic E-state index is -0.229. The molecule has 2 fully saturated rings. The second-order valence-corrected chi connectivity index (χ2v) is 9.19. The number of nitrogens with one attached hydrogen (secondary N) is 1. The highest BCUT2D eigenvalue weighted by Gasteiger charge is 2.44. The summed E-state index contributed by atoms with van der Waals surface area (Å²) in [5.41, 5.74) is 6.94. The predicted octanol–water partition coefficient (Wildman–Crippen LogP) is 2.69. The van der Waals surface area contributed by atoms with Crippen molar-refractivity contribution in [1.82, 2.24) is 15.4 Å². The molecule has 0 amide bonds. The summed E-state index contributed by atoms with van der Waals surface area (Å²) in [7, 11) is 3.57. The molecule has 0 radical (unpaired) electrons. The van der Waals surface area contributed by atoms with Crippen LogP contribution in [-0.2, 0) is 0 Å². The van der Waals surface area contributed by atoms with Gasteiger partial charge >= 0.3 is 5.70 Å². The lowest BCUT2D eigenvalue weighted by Gasteiger charge is -2.31. The van der Waals surface area contributed by atoms with Gasteiger partial charge in [0.15, 0.2) is 5.70 Å². The highest BCUT2D eigenvalue weighted by Crippen LogP contribution is 2.39. The number of rotatable bonds is 4. The Balaban J connectivity index is 1.43. The average molecular weight is 442 g/mol. The van der Waals surface area contributed by atoms with Crippen LogP contribution >= 0.6 is 0 Å². The van der Waals surface area contributed by atoms with E-state index in [9.17, 15) is 10.0 Å². The lowest BCUT2D eigenvalue weighted by molar-refractivity contribution is -0.497. The van der Waals surface area contributed by atoms with Crippen LogP contribution in [0.4, 0.5) is 11.5 Å². The van der Waals surface area contributed by atoms with E-state index in [1.807, 2.05) is 35.3 Å². The Hall–Kier alpha value is -2.81. The fourth-order valence-electron chi connectivity index (χ4n) is 5.28. The summed E-state index contributed by atoms with van der Waals surface area (Å²) in [6.45, 7) is 1.73. The van der Waals surface area contributed by atoms with Crippen LogP contribution in [-0.4, -0.2) is 59.9 Å². The van der Waals surface area contributed by atoms with Gasteiger partial charge in [0.2, 0.25) is 5.88 Å². The zero-order valence-electron chi connectivity index (χ0n) is 19.0. The normalized spacial score (nSPS) is 22.8. The maximum absolute atomic E-state index is 13.2. The third-order valence-corrected chi connectivity index (χ3v) is 7.09. The molecule has 1 saturated heterocycles. The molecular formula is C23H33N6O3+. The maximum Gasteiger partial charge on any atom is 0.305 e. The van der Waals surface area contributed by atoms with Gasteiger partial charge in [0, 0.05) is 37.2 Å². The Kier molecular flexibility index (Phi) is 5.67. The fraction of sp³-hybridized carbons (Fsp3) is 0.609. The predicted molar refractivity (Wildman–Crippen MR) is 122 cm³/mol. The molecule has 0 spiro atoms. The standard InChI is InChI=1S/C23H33N6O3/c1-26-19-14-28(15-29(31)22(19)21(25-26)16-6-4-3-5-7-16)18-8-9-20(24-23(18)32-2)27-12-10-17(30)11-13-27/h8-9,14,16-17,25,30H,3-7,10-13,15H2,1-2H3/q+1. The summed E-state index contributed by atoms with van der Waals surface area (Å²) in [6, 6.07) is 3.94. The molecule has 1 aromatic heterocycles. The van der Waals surface area contributed by atoms with E-state index in [-0.39, 0.29) is 12.8 Å². The van der Waals surface area contributed by atoms with Crippen molar-refractivity contribution >= 4 is 11.5 Å². The third kappa shape index (κ3) is 3.79. The van der Waals surface area contributed by atoms with Gasteiger partial charge in [-0.2, -0.15) is 4.98 Å². The number of hydrazine groups is 1. The van der Waals surface area contributed by atoms with Gasteiger partial charge in [0.1, 0.15) is 17.2 Å². The first-order valence-electron chi connectivity index (χ1n) is 11.7. The first-order chi connectivity index (χ1) is 15.5. The molecule has 1 aliphatic carbocycles. The van der Waals surface area contributed by atoms with Crippen LogP contribution in [0.25, 0.3) is 0 Å². The van der Waals surface area contributed by atoms with Crippen molar-refractivity contribution in [2.24, 2.45) is 5.92 Å². The summed E-state index contributed by atoms with van der Waals surface area (Å²) in [5.74, 6) is 1.75. The maximum atomic E-state index is 13.2. The van der Waals surface area contributed by atoms with Crippen molar-refractivity contribution in [3.8, 4) is 5.88 Å². The number of nitrogens with zero attached hydrogens (tertiary/aromatic N) is 5. The smallest absolute Gasteiger partial charge is 0.305 e. The van der Waals surface area contributed by atoms with Crippen LogP contribution in [0.15, 0.2) is 35.4 Å². The van der Waals surface area contributed by atoms with Crippen molar-refractivity contribution in [2.75, 3.05) is 43.7 Å². The first kappa shape index (κ1) is 21.1. The van der Waals surface area contributed by atoms with Crippen molar-refractivity contribution in [2.45, 2.75) is 51.0 Å². The molecule has 172 valence electrons. The zero-order chi connectivity index (χ0) is 22.2. The van der Waals surface area contributed by atoms with E-state index in [0.29, 0.717) is 11.8 Å². The number of piperidine rings is 1. The summed E-state index contributed by atoms with van der Waals surface area (Å²) in [5, 5.41) is 11.7. The number of aromatic nitrogens is 1. The van der Waals surface area contributed by atoms with Gasteiger partial charge in [0.05, 0.1) is 18.0 Å². The second kappa shape index (κ2) is 8.61. The molecule has 4 aliphatic rings. The van der Waals surface area contributed by atoms with E-state index in [0.717, 1.165) is 72.1 Å². The lowest BCUT2D eigenvalue weighted by atomic mass is 9.86. The monoisotopic (exact) mass is 441 g/mol. The molecule has 0 bridgehead atoms. The number of hydrogen-bond donors (Lipinski definition) is 2. The topological polar surface area (TPSA) is 84.2 Å². The van der Waals surface area contributed by atoms with Crippen LogP contribution < -0.4 is 20.0 Å². The number of nitroso groups, excluding NO2 is 1. The number of fused-ring (bicyclic) bond motifs is 1. The largest absolute Gasteiger partial charge is 0.479 e. The van der Waals surface area contributed by atoms with Gasteiger partial charge in [-0.3, -0.25) is 15.3 Å². The Morgan fingerprint density at radius 3 is 2.62 bits per heavy atom. The minimum Gasteiger partial charge on any atom is -0.479 e. The molecule has 2 N–H and O–H groups in total. The Labute approximate surface area is 188 Å². The molecule has 1 aromatic rings.